The van der Waals surface area contributed by atoms with Gasteiger partial charge in [-0.1, -0.05) is 22.5 Å². The van der Waals surface area contributed by atoms with Crippen LogP contribution in [0.2, 0.25) is 0 Å². The fourth-order valence-corrected chi connectivity index (χ4v) is 1.42. The molecule has 0 bridgehead atoms. The number of aromatic carboxylic acids is 1. The number of carboxylic acid groups (broad SMARTS) is 1. The number of halogens is 1. The second-order valence-corrected chi connectivity index (χ2v) is 4.55. The molecule has 0 saturated heterocycles. The van der Waals surface area contributed by atoms with Gasteiger partial charge in [-0.2, -0.15) is 0 Å². The summed E-state index contributed by atoms with van der Waals surface area (Å²) in [6.45, 7) is 5.98. The Morgan fingerprint density at radius 1 is 1.62 bits per heavy atom. The van der Waals surface area contributed by atoms with Crippen LogP contribution in [0.3, 0.4) is 0 Å². The first-order chi connectivity index (χ1) is 7.41. The molecule has 0 aliphatic heterocycles. The molecule has 1 rings (SSSR count). The average Bonchev–Trinajstić information content (AvgIpc) is 2.19. The first-order valence-electron chi connectivity index (χ1n) is 4.62. The summed E-state index contributed by atoms with van der Waals surface area (Å²) in [6.07, 6.45) is 0. The quantitative estimate of drug-likeness (QED) is 0.743. The standard InChI is InChI=1S/C11H13BrN2O2/c1-6-3-8(14-5-7(2)12)4-9(10(6)13)11(15)16/h3-4,14H,2,5,13H2,1H3,(H,15,16). The fraction of sp³-hybridized carbons (Fsp3) is 0.182. The summed E-state index contributed by atoms with van der Waals surface area (Å²) in [5, 5.41) is 12.0. The summed E-state index contributed by atoms with van der Waals surface area (Å²) >= 11 is 3.21. The molecule has 0 fully saturated rings. The zero-order valence-electron chi connectivity index (χ0n) is 8.88. The molecule has 0 radical (unpaired) electrons. The number of carboxylic acids is 1. The van der Waals surface area contributed by atoms with E-state index < -0.39 is 5.97 Å². The molecular weight excluding hydrogens is 272 g/mol. The maximum atomic E-state index is 10.9. The van der Waals surface area contributed by atoms with E-state index >= 15 is 0 Å². The second-order valence-electron chi connectivity index (χ2n) is 3.43. The van der Waals surface area contributed by atoms with Crippen molar-refractivity contribution >= 4 is 33.3 Å². The first-order valence-corrected chi connectivity index (χ1v) is 5.41. The van der Waals surface area contributed by atoms with E-state index in [9.17, 15) is 4.79 Å². The van der Waals surface area contributed by atoms with E-state index in [1.807, 2.05) is 0 Å². The lowest BCUT2D eigenvalue weighted by molar-refractivity contribution is 0.0698. The van der Waals surface area contributed by atoms with Crippen molar-refractivity contribution in [3.63, 3.8) is 0 Å². The van der Waals surface area contributed by atoms with E-state index in [4.69, 9.17) is 10.8 Å². The van der Waals surface area contributed by atoms with Crippen molar-refractivity contribution in [3.05, 3.63) is 34.3 Å². The van der Waals surface area contributed by atoms with Gasteiger partial charge in [-0.15, -0.1) is 0 Å². The molecule has 0 saturated carbocycles. The van der Waals surface area contributed by atoms with Gasteiger partial charge in [0.15, 0.2) is 0 Å². The number of anilines is 2. The van der Waals surface area contributed by atoms with Crippen molar-refractivity contribution in [2.24, 2.45) is 0 Å². The van der Waals surface area contributed by atoms with Crippen molar-refractivity contribution in [1.82, 2.24) is 0 Å². The van der Waals surface area contributed by atoms with Crippen LogP contribution in [0.25, 0.3) is 0 Å². The van der Waals surface area contributed by atoms with Crippen LogP contribution in [0.15, 0.2) is 23.2 Å². The summed E-state index contributed by atoms with van der Waals surface area (Å²) in [4.78, 5) is 10.9. The minimum atomic E-state index is -1.03. The van der Waals surface area contributed by atoms with Gasteiger partial charge >= 0.3 is 5.97 Å². The number of hydrogen-bond donors (Lipinski definition) is 3. The molecule has 0 atom stereocenters. The monoisotopic (exact) mass is 284 g/mol. The van der Waals surface area contributed by atoms with Crippen molar-refractivity contribution in [2.75, 3.05) is 17.6 Å². The van der Waals surface area contributed by atoms with E-state index in [0.717, 1.165) is 10.0 Å². The molecule has 0 unspecified atom stereocenters. The number of nitrogens with one attached hydrogen (secondary N) is 1. The van der Waals surface area contributed by atoms with E-state index in [-0.39, 0.29) is 5.56 Å². The summed E-state index contributed by atoms with van der Waals surface area (Å²) in [5.74, 6) is -1.03. The Hall–Kier alpha value is -1.49. The van der Waals surface area contributed by atoms with E-state index in [2.05, 4.69) is 27.8 Å². The van der Waals surface area contributed by atoms with Gasteiger partial charge in [0.1, 0.15) is 0 Å². The topological polar surface area (TPSA) is 75.3 Å². The highest BCUT2D eigenvalue weighted by molar-refractivity contribution is 9.11. The zero-order chi connectivity index (χ0) is 12.3. The van der Waals surface area contributed by atoms with Crippen molar-refractivity contribution in [3.8, 4) is 0 Å². The van der Waals surface area contributed by atoms with Gasteiger partial charge in [-0.25, -0.2) is 4.79 Å². The molecule has 0 spiro atoms. The molecule has 1 aromatic carbocycles. The largest absolute Gasteiger partial charge is 0.478 e. The van der Waals surface area contributed by atoms with Gasteiger partial charge in [0, 0.05) is 22.4 Å². The number of rotatable bonds is 4. The maximum absolute atomic E-state index is 10.9. The Labute approximate surface area is 102 Å². The Bertz CT molecular complexity index is 444. The van der Waals surface area contributed by atoms with Gasteiger partial charge in [0.2, 0.25) is 0 Å². The Balaban J connectivity index is 3.04. The Morgan fingerprint density at radius 3 is 2.75 bits per heavy atom. The lowest BCUT2D eigenvalue weighted by Gasteiger charge is -2.10. The van der Waals surface area contributed by atoms with Crippen LogP contribution in [-0.4, -0.2) is 17.6 Å². The maximum Gasteiger partial charge on any atom is 0.337 e. The van der Waals surface area contributed by atoms with Crippen molar-refractivity contribution in [2.45, 2.75) is 6.92 Å². The minimum Gasteiger partial charge on any atom is -0.478 e. The molecule has 16 heavy (non-hydrogen) atoms. The van der Waals surface area contributed by atoms with Gasteiger partial charge in [0.25, 0.3) is 0 Å². The summed E-state index contributed by atoms with van der Waals surface area (Å²) in [6, 6.07) is 3.32. The minimum absolute atomic E-state index is 0.114. The molecule has 0 aliphatic carbocycles. The smallest absolute Gasteiger partial charge is 0.337 e. The summed E-state index contributed by atoms with van der Waals surface area (Å²) in [7, 11) is 0. The third kappa shape index (κ3) is 3.00. The fourth-order valence-electron chi connectivity index (χ4n) is 1.28. The molecule has 0 amide bonds. The normalized spacial score (nSPS) is 9.88. The van der Waals surface area contributed by atoms with Gasteiger partial charge in [-0.3, -0.25) is 0 Å². The Kier molecular flexibility index (Phi) is 3.95. The number of carbonyl (C=O) groups is 1. The van der Waals surface area contributed by atoms with E-state index in [0.29, 0.717) is 17.9 Å². The van der Waals surface area contributed by atoms with Gasteiger partial charge in [-0.05, 0) is 24.6 Å². The molecule has 4 N–H and O–H groups in total. The molecule has 1 aromatic rings. The molecule has 86 valence electrons. The van der Waals surface area contributed by atoms with Crippen LogP contribution in [0.5, 0.6) is 0 Å². The highest BCUT2D eigenvalue weighted by Gasteiger charge is 2.11. The molecule has 0 heterocycles. The van der Waals surface area contributed by atoms with Crippen LogP contribution in [-0.2, 0) is 0 Å². The zero-order valence-corrected chi connectivity index (χ0v) is 10.5. The van der Waals surface area contributed by atoms with Crippen LogP contribution in [0, 0.1) is 6.92 Å². The number of aryl methyl sites for hydroxylation is 1. The van der Waals surface area contributed by atoms with E-state index in [1.54, 1.807) is 13.0 Å². The Morgan fingerprint density at radius 2 is 2.25 bits per heavy atom. The van der Waals surface area contributed by atoms with Gasteiger partial charge < -0.3 is 16.2 Å². The third-order valence-electron chi connectivity index (χ3n) is 2.10. The van der Waals surface area contributed by atoms with Crippen LogP contribution in [0.1, 0.15) is 15.9 Å². The average molecular weight is 285 g/mol. The predicted octanol–water partition coefficient (Wildman–Crippen LogP) is 2.60. The SMILES string of the molecule is C=C(Br)CNc1cc(C)c(N)c(C(=O)O)c1. The molecule has 4 nitrogen and oxygen atoms in total. The molecule has 0 aliphatic rings. The molecular formula is C11H13BrN2O2. The lowest BCUT2D eigenvalue weighted by Crippen LogP contribution is -2.07. The second kappa shape index (κ2) is 5.03. The summed E-state index contributed by atoms with van der Waals surface area (Å²) in [5.41, 5.74) is 7.54. The third-order valence-corrected chi connectivity index (χ3v) is 2.38. The number of nitrogens with two attached hydrogens (primary N) is 1. The van der Waals surface area contributed by atoms with Crippen molar-refractivity contribution < 1.29 is 9.90 Å². The van der Waals surface area contributed by atoms with Crippen LogP contribution in [0.4, 0.5) is 11.4 Å². The number of hydrogen-bond acceptors (Lipinski definition) is 3. The van der Waals surface area contributed by atoms with Crippen LogP contribution >= 0.6 is 15.9 Å². The summed E-state index contributed by atoms with van der Waals surface area (Å²) < 4.78 is 0.791. The van der Waals surface area contributed by atoms with Crippen LogP contribution < -0.4 is 11.1 Å². The highest BCUT2D eigenvalue weighted by Crippen LogP contribution is 2.23. The predicted molar refractivity (Wildman–Crippen MR) is 69.1 cm³/mol. The first kappa shape index (κ1) is 12.6. The van der Waals surface area contributed by atoms with Gasteiger partial charge in [0.05, 0.1) is 5.56 Å². The molecule has 5 heteroatoms. The van der Waals surface area contributed by atoms with Crippen molar-refractivity contribution in [1.29, 1.82) is 0 Å². The number of benzene rings is 1. The van der Waals surface area contributed by atoms with E-state index in [1.165, 1.54) is 6.07 Å². The number of nitrogen functional groups attached to an aromatic ring is 1. The lowest BCUT2D eigenvalue weighted by atomic mass is 10.1. The highest BCUT2D eigenvalue weighted by atomic mass is 79.9. The molecule has 0 aromatic heterocycles.